The maximum atomic E-state index is 6.06. The van der Waals surface area contributed by atoms with Crippen molar-refractivity contribution in [1.29, 1.82) is 0 Å². The van der Waals surface area contributed by atoms with Crippen LogP contribution < -0.4 is 11.1 Å². The van der Waals surface area contributed by atoms with Crippen molar-refractivity contribution in [3.05, 3.63) is 59.2 Å². The van der Waals surface area contributed by atoms with Crippen LogP contribution in [0.5, 0.6) is 0 Å². The van der Waals surface area contributed by atoms with Gasteiger partial charge in [0.15, 0.2) is 0 Å². The minimum atomic E-state index is 0.279. The van der Waals surface area contributed by atoms with Crippen LogP contribution in [0.1, 0.15) is 11.5 Å². The lowest BCUT2D eigenvalue weighted by molar-refractivity contribution is 0.731. The summed E-state index contributed by atoms with van der Waals surface area (Å²) in [5.41, 5.74) is 9.02. The molecule has 0 aliphatic carbocycles. The highest BCUT2D eigenvalue weighted by atomic mass is 35.5. The van der Waals surface area contributed by atoms with Gasteiger partial charge in [-0.2, -0.15) is 5.10 Å². The first-order valence-electron chi connectivity index (χ1n) is 6.90. The lowest BCUT2D eigenvalue weighted by atomic mass is 9.99. The molecule has 1 atom stereocenters. The van der Waals surface area contributed by atoms with E-state index >= 15 is 0 Å². The van der Waals surface area contributed by atoms with Crippen molar-refractivity contribution in [2.24, 2.45) is 5.73 Å². The van der Waals surface area contributed by atoms with Gasteiger partial charge in [0.05, 0.1) is 5.52 Å². The molecule has 1 heterocycles. The van der Waals surface area contributed by atoms with E-state index in [1.807, 2.05) is 36.4 Å². The van der Waals surface area contributed by atoms with Gasteiger partial charge in [0.25, 0.3) is 0 Å². The van der Waals surface area contributed by atoms with Crippen molar-refractivity contribution in [2.45, 2.75) is 5.92 Å². The first-order chi connectivity index (χ1) is 10.3. The van der Waals surface area contributed by atoms with E-state index < -0.39 is 0 Å². The summed E-state index contributed by atoms with van der Waals surface area (Å²) < 4.78 is 0. The number of anilines is 1. The van der Waals surface area contributed by atoms with Crippen LogP contribution in [0.3, 0.4) is 0 Å². The number of hydrogen-bond acceptors (Lipinski definition) is 3. The van der Waals surface area contributed by atoms with Crippen LogP contribution in [0.4, 0.5) is 5.69 Å². The second-order valence-corrected chi connectivity index (χ2v) is 5.37. The van der Waals surface area contributed by atoms with E-state index in [4.69, 9.17) is 17.3 Å². The molecule has 4 nitrogen and oxygen atoms in total. The molecule has 2 aromatic carbocycles. The third-order valence-corrected chi connectivity index (χ3v) is 3.90. The second kappa shape index (κ2) is 6.16. The molecule has 21 heavy (non-hydrogen) atoms. The molecule has 0 amide bonds. The van der Waals surface area contributed by atoms with Crippen LogP contribution in [-0.4, -0.2) is 23.3 Å². The Morgan fingerprint density at radius 1 is 1.19 bits per heavy atom. The van der Waals surface area contributed by atoms with Gasteiger partial charge >= 0.3 is 0 Å². The molecule has 5 heteroatoms. The van der Waals surface area contributed by atoms with Gasteiger partial charge in [-0.25, -0.2) is 0 Å². The number of fused-ring (bicyclic) bond motifs is 1. The van der Waals surface area contributed by atoms with Gasteiger partial charge in [-0.05, 0) is 23.8 Å². The molecule has 0 bridgehead atoms. The molecule has 1 aromatic heterocycles. The van der Waals surface area contributed by atoms with Crippen LogP contribution in [0, 0.1) is 0 Å². The van der Waals surface area contributed by atoms with Crippen molar-refractivity contribution >= 4 is 28.2 Å². The van der Waals surface area contributed by atoms with E-state index in [1.54, 1.807) is 0 Å². The monoisotopic (exact) mass is 300 g/mol. The van der Waals surface area contributed by atoms with E-state index in [9.17, 15) is 0 Å². The number of nitrogens with zero attached hydrogens (tertiary/aromatic N) is 1. The third kappa shape index (κ3) is 3.01. The van der Waals surface area contributed by atoms with Gasteiger partial charge < -0.3 is 11.1 Å². The summed E-state index contributed by atoms with van der Waals surface area (Å²) in [5.74, 6) is 0.279. The molecule has 1 unspecified atom stereocenters. The number of benzene rings is 2. The Balaban J connectivity index is 1.74. The largest absolute Gasteiger partial charge is 0.384 e. The highest BCUT2D eigenvalue weighted by molar-refractivity contribution is 6.34. The maximum Gasteiger partial charge on any atom is 0.132 e. The smallest absolute Gasteiger partial charge is 0.132 e. The normalized spacial score (nSPS) is 12.5. The molecule has 0 aliphatic rings. The molecule has 3 rings (SSSR count). The average molecular weight is 301 g/mol. The molecule has 0 radical (unpaired) electrons. The molecule has 0 fully saturated rings. The number of hydrogen-bond donors (Lipinski definition) is 3. The van der Waals surface area contributed by atoms with Gasteiger partial charge in [0, 0.05) is 30.1 Å². The number of halogens is 1. The maximum absolute atomic E-state index is 6.06. The summed E-state index contributed by atoms with van der Waals surface area (Å²) in [6.45, 7) is 1.38. The average Bonchev–Trinajstić information content (AvgIpc) is 2.90. The Labute approximate surface area is 128 Å². The summed E-state index contributed by atoms with van der Waals surface area (Å²) >= 11 is 6.06. The number of H-pyrrole nitrogens is 1. The first kappa shape index (κ1) is 13.9. The van der Waals surface area contributed by atoms with Crippen LogP contribution >= 0.6 is 11.6 Å². The second-order valence-electron chi connectivity index (χ2n) is 4.99. The van der Waals surface area contributed by atoms with E-state index in [1.165, 1.54) is 5.56 Å². The van der Waals surface area contributed by atoms with Crippen molar-refractivity contribution in [3.8, 4) is 0 Å². The third-order valence-electron chi connectivity index (χ3n) is 3.62. The number of aromatic amines is 1. The highest BCUT2D eigenvalue weighted by Gasteiger charge is 2.10. The molecule has 0 saturated carbocycles. The fourth-order valence-corrected chi connectivity index (χ4v) is 2.59. The van der Waals surface area contributed by atoms with Gasteiger partial charge in [-0.15, -0.1) is 0 Å². The van der Waals surface area contributed by atoms with E-state index in [2.05, 4.69) is 27.6 Å². The minimum absolute atomic E-state index is 0.279. The molecule has 0 saturated heterocycles. The van der Waals surface area contributed by atoms with Crippen LogP contribution in [0.15, 0.2) is 48.5 Å². The molecule has 0 spiro atoms. The number of nitrogens with one attached hydrogen (secondary N) is 2. The van der Waals surface area contributed by atoms with E-state index in [0.29, 0.717) is 11.7 Å². The Kier molecular flexibility index (Phi) is 4.08. The molecule has 4 N–H and O–H groups in total. The Bertz CT molecular complexity index is 723. The van der Waals surface area contributed by atoms with Crippen LogP contribution in [0.2, 0.25) is 5.15 Å². The predicted octanol–water partition coefficient (Wildman–Crippen LogP) is 3.37. The molecular formula is C16H17ClN4. The Morgan fingerprint density at radius 3 is 2.76 bits per heavy atom. The molecular weight excluding hydrogens is 284 g/mol. The zero-order valence-corrected chi connectivity index (χ0v) is 12.3. The van der Waals surface area contributed by atoms with Gasteiger partial charge in [0.2, 0.25) is 0 Å². The fraction of sp³-hybridized carbons (Fsp3) is 0.188. The first-order valence-corrected chi connectivity index (χ1v) is 7.28. The summed E-state index contributed by atoms with van der Waals surface area (Å²) in [6.07, 6.45) is 0. The summed E-state index contributed by atoms with van der Waals surface area (Å²) in [5, 5.41) is 11.8. The minimum Gasteiger partial charge on any atom is -0.384 e. The Morgan fingerprint density at radius 2 is 2.00 bits per heavy atom. The molecule has 108 valence electrons. The van der Waals surface area contributed by atoms with Crippen LogP contribution in [0.25, 0.3) is 10.9 Å². The highest BCUT2D eigenvalue weighted by Crippen LogP contribution is 2.24. The zero-order valence-electron chi connectivity index (χ0n) is 11.5. The number of aromatic nitrogens is 2. The van der Waals surface area contributed by atoms with Gasteiger partial charge in [-0.1, -0.05) is 41.9 Å². The fourth-order valence-electron chi connectivity index (χ4n) is 2.39. The zero-order chi connectivity index (χ0) is 14.7. The standard InChI is InChI=1S/C16H17ClN4/c17-16-14-8-13(6-7-15(14)20-21-16)19-10-12(9-18)11-4-2-1-3-5-11/h1-8,12,19H,9-10,18H2,(H,20,21). The van der Waals surface area contributed by atoms with Gasteiger partial charge in [-0.3, -0.25) is 5.10 Å². The predicted molar refractivity (Wildman–Crippen MR) is 87.8 cm³/mol. The summed E-state index contributed by atoms with van der Waals surface area (Å²) in [4.78, 5) is 0. The topological polar surface area (TPSA) is 66.7 Å². The quantitative estimate of drug-likeness (QED) is 0.677. The van der Waals surface area contributed by atoms with E-state index in [0.717, 1.165) is 23.1 Å². The lowest BCUT2D eigenvalue weighted by Gasteiger charge is -2.17. The summed E-state index contributed by atoms with van der Waals surface area (Å²) in [7, 11) is 0. The number of rotatable bonds is 5. The van der Waals surface area contributed by atoms with Crippen molar-refractivity contribution < 1.29 is 0 Å². The SMILES string of the molecule is NCC(CNc1ccc2n[nH]c(Cl)c2c1)c1ccccc1. The van der Waals surface area contributed by atoms with Crippen LogP contribution in [-0.2, 0) is 0 Å². The van der Waals surface area contributed by atoms with Crippen molar-refractivity contribution in [3.63, 3.8) is 0 Å². The molecule has 3 aromatic rings. The number of nitrogens with two attached hydrogens (primary N) is 1. The van der Waals surface area contributed by atoms with Crippen molar-refractivity contribution in [1.82, 2.24) is 10.2 Å². The molecule has 0 aliphatic heterocycles. The summed E-state index contributed by atoms with van der Waals surface area (Å²) in [6, 6.07) is 16.2. The van der Waals surface area contributed by atoms with Gasteiger partial charge in [0.1, 0.15) is 5.15 Å². The van der Waals surface area contributed by atoms with E-state index in [-0.39, 0.29) is 5.92 Å². The lowest BCUT2D eigenvalue weighted by Crippen LogP contribution is -2.20. The Hall–Kier alpha value is -2.04. The van der Waals surface area contributed by atoms with Crippen molar-refractivity contribution in [2.75, 3.05) is 18.4 Å².